The molecule has 83 heavy (non-hydrogen) atoms. The molecule has 3 saturated heterocycles. The molecule has 3 heterocycles. The molecule has 4 aromatic rings. The van der Waals surface area contributed by atoms with E-state index in [1.54, 1.807) is 24.3 Å². The first-order chi connectivity index (χ1) is 39.9. The number of carbonyl (C=O) groups is 8. The lowest BCUT2D eigenvalue weighted by atomic mass is 9.99. The van der Waals surface area contributed by atoms with Gasteiger partial charge in [0.05, 0.1) is 30.9 Å². The van der Waals surface area contributed by atoms with Crippen LogP contribution in [0.4, 0.5) is 0 Å². The van der Waals surface area contributed by atoms with Gasteiger partial charge in [-0.3, -0.25) is 38.4 Å². The average Bonchev–Trinajstić information content (AvgIpc) is 4.16. The second-order valence-corrected chi connectivity index (χ2v) is 22.0. The number of ether oxygens (including phenoxy) is 1. The van der Waals surface area contributed by atoms with E-state index in [0.29, 0.717) is 18.6 Å². The Morgan fingerprint density at radius 3 is 1.92 bits per heavy atom. The van der Waals surface area contributed by atoms with E-state index in [1.807, 2.05) is 48.5 Å². The topological polar surface area (TPSA) is 325 Å². The number of amides is 7. The van der Waals surface area contributed by atoms with Gasteiger partial charge in [0.25, 0.3) is 5.91 Å². The molecule has 0 unspecified atom stereocenters. The quantitative estimate of drug-likeness (QED) is 0.0476. The molecular formula is C62H81N9O12. The first-order valence-electron chi connectivity index (χ1n) is 29.1. The summed E-state index contributed by atoms with van der Waals surface area (Å²) in [4.78, 5) is 115. The third-order valence-electron chi connectivity index (χ3n) is 15.7. The number of hydrogen-bond donors (Lipinski definition) is 10. The highest BCUT2D eigenvalue weighted by Gasteiger charge is 2.44. The Bertz CT molecular complexity index is 2900. The van der Waals surface area contributed by atoms with Crippen molar-refractivity contribution in [2.24, 2.45) is 11.5 Å². The third-order valence-corrected chi connectivity index (χ3v) is 15.7. The fraction of sp³-hybridized carbons (Fsp3) is 0.484. The van der Waals surface area contributed by atoms with E-state index in [9.17, 15) is 53.7 Å². The number of phenolic OH excluding ortho intramolecular Hbond substituents is 1. The lowest BCUT2D eigenvalue weighted by molar-refractivity contribution is -0.145. The van der Waals surface area contributed by atoms with Gasteiger partial charge in [0.1, 0.15) is 47.8 Å². The summed E-state index contributed by atoms with van der Waals surface area (Å²) in [5.41, 5.74) is 16.3. The highest BCUT2D eigenvalue weighted by Crippen LogP contribution is 2.28. The number of phenols is 1. The van der Waals surface area contributed by atoms with Gasteiger partial charge in [-0.05, 0) is 129 Å². The molecular weight excluding hydrogens is 1060 g/mol. The van der Waals surface area contributed by atoms with Crippen LogP contribution >= 0.6 is 0 Å². The Morgan fingerprint density at radius 1 is 0.699 bits per heavy atom. The summed E-state index contributed by atoms with van der Waals surface area (Å²) >= 11 is 0. The van der Waals surface area contributed by atoms with Crippen molar-refractivity contribution in [2.45, 2.75) is 159 Å². The van der Waals surface area contributed by atoms with Gasteiger partial charge in [0, 0.05) is 31.2 Å². The Kier molecular flexibility index (Phi) is 22.7. The molecule has 7 amide bonds. The second kappa shape index (κ2) is 30.0. The van der Waals surface area contributed by atoms with Crippen LogP contribution in [-0.2, 0) is 35.2 Å². The normalized spacial score (nSPS) is 22.9. The molecule has 3 aliphatic heterocycles. The summed E-state index contributed by atoms with van der Waals surface area (Å²) in [6.07, 6.45) is 4.61. The maximum atomic E-state index is 14.5. The van der Waals surface area contributed by atoms with Crippen LogP contribution in [0.3, 0.4) is 0 Å². The minimum atomic E-state index is -1.62. The van der Waals surface area contributed by atoms with Crippen molar-refractivity contribution in [2.75, 3.05) is 32.8 Å². The van der Waals surface area contributed by atoms with Crippen LogP contribution in [0.15, 0.2) is 91.0 Å². The van der Waals surface area contributed by atoms with E-state index in [0.717, 1.165) is 40.8 Å². The van der Waals surface area contributed by atoms with Crippen LogP contribution in [-0.4, -0.2) is 160 Å². The summed E-state index contributed by atoms with van der Waals surface area (Å²) in [7, 11) is 0. The molecule has 0 bridgehead atoms. The van der Waals surface area contributed by atoms with Crippen LogP contribution in [0.5, 0.6) is 11.5 Å². The smallest absolute Gasteiger partial charge is 0.251 e. The fourth-order valence-electron chi connectivity index (χ4n) is 10.9. The minimum absolute atomic E-state index is 0.0355. The standard InChI is InChI=1S/C62H81N9O12/c1-4-5-6-7-8-9-32-83-46-26-24-43(25-27-46)41-18-16-40(17-19-41)42-20-22-44(23-21-42)56(76)66-48-12-10-30-65-59(79)51-34-45(64)36-71(51)62(82)55(38(3)73)69-58(78)49(28-14-39-15-29-52(74)47(33-39)53(75)35-63)67-60(80)50-13-11-31-70(50)61(81)54(37(2)72)68-57(48)77/h15-27,29,33,37-38,45,48-51,54-55,72-74H,4-14,28,30-32,34-36,63-64H2,1-3H3,(H,65,79)(H,66,76)(H,67,80)(H,68,77)(H,69,78)/t37-,38-,45+,48+,49+,50+,51+,54+,55+/m1/s1. The van der Waals surface area contributed by atoms with Crippen molar-refractivity contribution in [3.8, 4) is 33.8 Å². The van der Waals surface area contributed by atoms with Crippen LogP contribution < -0.4 is 42.8 Å². The van der Waals surface area contributed by atoms with E-state index in [1.165, 1.54) is 67.5 Å². The number of nitrogens with one attached hydrogen (secondary N) is 5. The molecule has 7 rings (SSSR count). The number of benzene rings is 4. The monoisotopic (exact) mass is 1140 g/mol. The molecule has 21 nitrogen and oxygen atoms in total. The van der Waals surface area contributed by atoms with Gasteiger partial charge in [0.2, 0.25) is 35.4 Å². The maximum Gasteiger partial charge on any atom is 0.251 e. The Balaban J connectivity index is 1.08. The number of rotatable bonds is 19. The number of unbranched alkanes of at least 4 members (excludes halogenated alkanes) is 5. The summed E-state index contributed by atoms with van der Waals surface area (Å²) in [6.45, 7) is 5.00. The van der Waals surface area contributed by atoms with E-state index >= 15 is 0 Å². The maximum absolute atomic E-state index is 14.5. The number of aromatic hydroxyl groups is 1. The molecule has 0 aromatic heterocycles. The Labute approximate surface area is 484 Å². The minimum Gasteiger partial charge on any atom is -0.507 e. The lowest BCUT2D eigenvalue weighted by Gasteiger charge is -2.32. The Morgan fingerprint density at radius 2 is 1.29 bits per heavy atom. The van der Waals surface area contributed by atoms with Crippen molar-refractivity contribution in [1.29, 1.82) is 0 Å². The second-order valence-electron chi connectivity index (χ2n) is 22.0. The van der Waals surface area contributed by atoms with Crippen molar-refractivity contribution in [1.82, 2.24) is 36.4 Å². The van der Waals surface area contributed by atoms with Crippen LogP contribution in [0.1, 0.15) is 124 Å². The molecule has 0 spiro atoms. The predicted molar refractivity (Wildman–Crippen MR) is 311 cm³/mol. The largest absolute Gasteiger partial charge is 0.507 e. The summed E-state index contributed by atoms with van der Waals surface area (Å²) in [5.74, 6) is -5.35. The van der Waals surface area contributed by atoms with Crippen molar-refractivity contribution < 1.29 is 58.4 Å². The highest BCUT2D eigenvalue weighted by molar-refractivity contribution is 6.01. The molecule has 446 valence electrons. The number of nitrogens with zero attached hydrogens (tertiary/aromatic N) is 2. The zero-order valence-corrected chi connectivity index (χ0v) is 47.6. The van der Waals surface area contributed by atoms with Crippen LogP contribution in [0.25, 0.3) is 22.3 Å². The predicted octanol–water partition coefficient (Wildman–Crippen LogP) is 3.38. The van der Waals surface area contributed by atoms with Gasteiger partial charge < -0.3 is 67.9 Å². The first kappa shape index (κ1) is 62.9. The van der Waals surface area contributed by atoms with Gasteiger partial charge in [-0.15, -0.1) is 0 Å². The average molecular weight is 1140 g/mol. The number of Topliss-reactive ketones (excluding diaryl/α,β-unsaturated/α-hetero) is 1. The lowest BCUT2D eigenvalue weighted by Crippen LogP contribution is -2.61. The summed E-state index contributed by atoms with van der Waals surface area (Å²) in [5, 5.41) is 45.9. The number of aliphatic hydroxyl groups is 2. The van der Waals surface area contributed by atoms with Gasteiger partial charge in [-0.1, -0.05) is 93.6 Å². The van der Waals surface area contributed by atoms with Gasteiger partial charge >= 0.3 is 0 Å². The number of aliphatic hydroxyl groups excluding tert-OH is 2. The zero-order chi connectivity index (χ0) is 59.7. The fourth-order valence-corrected chi connectivity index (χ4v) is 10.9. The van der Waals surface area contributed by atoms with E-state index in [-0.39, 0.29) is 81.6 Å². The third kappa shape index (κ3) is 16.7. The highest BCUT2D eigenvalue weighted by atomic mass is 16.5. The summed E-state index contributed by atoms with van der Waals surface area (Å²) in [6, 6.07) is 18.2. The van der Waals surface area contributed by atoms with Gasteiger partial charge in [-0.2, -0.15) is 0 Å². The molecule has 0 saturated carbocycles. The van der Waals surface area contributed by atoms with Gasteiger partial charge in [-0.25, -0.2) is 0 Å². The first-order valence-corrected chi connectivity index (χ1v) is 29.1. The van der Waals surface area contributed by atoms with Crippen molar-refractivity contribution in [3.05, 3.63) is 108 Å². The summed E-state index contributed by atoms with van der Waals surface area (Å²) < 4.78 is 5.97. The molecule has 3 fully saturated rings. The van der Waals surface area contributed by atoms with Gasteiger partial charge in [0.15, 0.2) is 5.78 Å². The van der Waals surface area contributed by atoms with Crippen molar-refractivity contribution >= 4 is 47.1 Å². The molecule has 9 atom stereocenters. The number of nitrogens with two attached hydrogens (primary N) is 2. The number of aryl methyl sites for hydroxylation is 1. The zero-order valence-electron chi connectivity index (χ0n) is 47.6. The van der Waals surface area contributed by atoms with Crippen LogP contribution in [0, 0.1) is 0 Å². The molecule has 0 radical (unpaired) electrons. The SMILES string of the molecule is CCCCCCCCOc1ccc(-c2ccc(-c3ccc(C(=O)N[C@H]4CCCNC(=O)[C@@H]5C[C@H](N)CN5C(=O)[C@H]([C@@H](C)O)NC(=O)[C@H](CCc5ccc(O)c(C(=O)CN)c5)NC(=O)[C@@H]5CCCN5C(=O)[C@H]([C@@H](C)O)NC4=O)cc3)cc2)cc1. The van der Waals surface area contributed by atoms with E-state index in [2.05, 4.69) is 33.5 Å². The molecule has 4 aromatic carbocycles. The molecule has 0 aliphatic carbocycles. The number of ketones is 1. The van der Waals surface area contributed by atoms with E-state index in [4.69, 9.17) is 16.2 Å². The molecule has 3 aliphatic rings. The number of fused-ring (bicyclic) bond motifs is 2. The van der Waals surface area contributed by atoms with Crippen molar-refractivity contribution in [3.63, 3.8) is 0 Å². The van der Waals surface area contributed by atoms with Crippen LogP contribution in [0.2, 0.25) is 0 Å². The molecule has 21 heteroatoms. The number of carbonyl (C=O) groups excluding carboxylic acids is 8. The number of hydrogen-bond acceptors (Lipinski definition) is 14. The van der Waals surface area contributed by atoms with E-state index < -0.39 is 102 Å². The molecule has 12 N–H and O–H groups in total. The Hall–Kier alpha value is -7.72.